The normalized spacial score (nSPS) is 12.6. The topological polar surface area (TPSA) is 96.1 Å². The largest absolute Gasteiger partial charge is 0.396 e. The summed E-state index contributed by atoms with van der Waals surface area (Å²) < 4.78 is 0. The molecular formula is C12H19N5OS. The maximum Gasteiger partial charge on any atom is 0.240 e. The third-order valence-electron chi connectivity index (χ3n) is 2.93. The Morgan fingerprint density at radius 2 is 2.32 bits per heavy atom. The molecule has 0 radical (unpaired) electrons. The number of anilines is 2. The summed E-state index contributed by atoms with van der Waals surface area (Å²) in [5.41, 5.74) is 2.48. The van der Waals surface area contributed by atoms with Crippen molar-refractivity contribution in [1.29, 1.82) is 0 Å². The Morgan fingerprint density at radius 3 is 3.05 bits per heavy atom. The third-order valence-corrected chi connectivity index (χ3v) is 3.74. The van der Waals surface area contributed by atoms with Crippen LogP contribution in [0.3, 0.4) is 0 Å². The number of nitrogen functional groups attached to an aromatic ring is 1. The molecule has 2 rings (SSSR count). The van der Waals surface area contributed by atoms with Crippen molar-refractivity contribution in [3.8, 4) is 0 Å². The molecule has 6 nitrogen and oxygen atoms in total. The lowest BCUT2D eigenvalue weighted by molar-refractivity contribution is 0.229. The van der Waals surface area contributed by atoms with Gasteiger partial charge in [0.05, 0.1) is 5.39 Å². The van der Waals surface area contributed by atoms with Gasteiger partial charge in [0.1, 0.15) is 10.6 Å². The Kier molecular flexibility index (Phi) is 4.89. The highest BCUT2D eigenvalue weighted by molar-refractivity contribution is 7.16. The Morgan fingerprint density at radius 1 is 1.47 bits per heavy atom. The van der Waals surface area contributed by atoms with Gasteiger partial charge in [-0.2, -0.15) is 4.98 Å². The Hall–Kier alpha value is -1.44. The van der Waals surface area contributed by atoms with Gasteiger partial charge >= 0.3 is 0 Å². The second-order valence-corrected chi connectivity index (χ2v) is 5.43. The molecule has 0 saturated carbocycles. The fourth-order valence-electron chi connectivity index (χ4n) is 1.80. The number of aliphatic hydroxyl groups is 1. The van der Waals surface area contributed by atoms with E-state index in [0.29, 0.717) is 11.9 Å². The zero-order valence-electron chi connectivity index (χ0n) is 10.9. The summed E-state index contributed by atoms with van der Waals surface area (Å²) in [5.74, 6) is 6.93. The lowest BCUT2D eigenvalue weighted by atomic mass is 10.1. The molecule has 19 heavy (non-hydrogen) atoms. The third kappa shape index (κ3) is 3.52. The van der Waals surface area contributed by atoms with Crippen LogP contribution in [0.15, 0.2) is 11.4 Å². The van der Waals surface area contributed by atoms with E-state index in [9.17, 15) is 0 Å². The van der Waals surface area contributed by atoms with Crippen molar-refractivity contribution in [1.82, 2.24) is 9.97 Å². The lowest BCUT2D eigenvalue weighted by Crippen LogP contribution is -2.13. The van der Waals surface area contributed by atoms with Crippen LogP contribution in [0.25, 0.3) is 10.2 Å². The second-order valence-electron chi connectivity index (χ2n) is 4.54. The first-order chi connectivity index (χ1) is 9.24. The summed E-state index contributed by atoms with van der Waals surface area (Å²) in [7, 11) is 0. The smallest absolute Gasteiger partial charge is 0.240 e. The van der Waals surface area contributed by atoms with Crippen molar-refractivity contribution in [3.63, 3.8) is 0 Å². The fraction of sp³-hybridized carbons (Fsp3) is 0.500. The molecule has 0 bridgehead atoms. The Labute approximate surface area is 116 Å². The average molecular weight is 281 g/mol. The number of hydrogen-bond acceptors (Lipinski definition) is 7. The summed E-state index contributed by atoms with van der Waals surface area (Å²) in [5, 5.41) is 15.3. The summed E-state index contributed by atoms with van der Waals surface area (Å²) >= 11 is 1.56. The van der Waals surface area contributed by atoms with Gasteiger partial charge in [-0.25, -0.2) is 10.8 Å². The van der Waals surface area contributed by atoms with Crippen LogP contribution in [0.1, 0.15) is 19.8 Å². The first-order valence-electron chi connectivity index (χ1n) is 6.31. The molecule has 0 fully saturated rings. The van der Waals surface area contributed by atoms with Gasteiger partial charge in [0.2, 0.25) is 5.95 Å². The van der Waals surface area contributed by atoms with Gasteiger partial charge in [-0.1, -0.05) is 6.92 Å². The van der Waals surface area contributed by atoms with Crippen LogP contribution in [0.4, 0.5) is 11.8 Å². The zero-order valence-corrected chi connectivity index (χ0v) is 11.7. The highest BCUT2D eigenvalue weighted by Gasteiger charge is 2.08. The highest BCUT2D eigenvalue weighted by Crippen LogP contribution is 2.26. The number of hydrogen-bond donors (Lipinski definition) is 4. The molecule has 2 aromatic heterocycles. The number of nitrogens with two attached hydrogens (primary N) is 1. The molecule has 0 amide bonds. The molecule has 0 aliphatic heterocycles. The fourth-order valence-corrected chi connectivity index (χ4v) is 2.57. The molecule has 0 aliphatic rings. The number of aromatic nitrogens is 2. The van der Waals surface area contributed by atoms with Crippen molar-refractivity contribution in [2.75, 3.05) is 23.9 Å². The number of thiophene rings is 1. The van der Waals surface area contributed by atoms with E-state index in [1.165, 1.54) is 0 Å². The Bertz CT molecular complexity index is 530. The van der Waals surface area contributed by atoms with Crippen LogP contribution in [0.5, 0.6) is 0 Å². The number of nitrogens with zero attached hydrogens (tertiary/aromatic N) is 2. The van der Waals surface area contributed by atoms with E-state index in [0.717, 1.165) is 35.4 Å². The molecular weight excluding hydrogens is 262 g/mol. The van der Waals surface area contributed by atoms with Gasteiger partial charge in [0.25, 0.3) is 0 Å². The maximum absolute atomic E-state index is 8.97. The van der Waals surface area contributed by atoms with E-state index >= 15 is 0 Å². The lowest BCUT2D eigenvalue weighted by Gasteiger charge is -2.10. The maximum atomic E-state index is 8.97. The van der Waals surface area contributed by atoms with Crippen LogP contribution in [-0.4, -0.2) is 28.2 Å². The van der Waals surface area contributed by atoms with Gasteiger partial charge in [0.15, 0.2) is 0 Å². The molecule has 2 heterocycles. The minimum absolute atomic E-state index is 0.240. The van der Waals surface area contributed by atoms with Crippen molar-refractivity contribution in [2.45, 2.75) is 19.8 Å². The first kappa shape index (κ1) is 14.0. The quantitative estimate of drug-likeness (QED) is 0.351. The molecule has 0 saturated heterocycles. The van der Waals surface area contributed by atoms with E-state index in [2.05, 4.69) is 20.7 Å². The second kappa shape index (κ2) is 6.65. The number of hydrazine groups is 1. The molecule has 0 aliphatic carbocycles. The van der Waals surface area contributed by atoms with Crippen molar-refractivity contribution in [3.05, 3.63) is 11.4 Å². The average Bonchev–Trinajstić information content (AvgIpc) is 2.91. The van der Waals surface area contributed by atoms with E-state index in [-0.39, 0.29) is 6.61 Å². The summed E-state index contributed by atoms with van der Waals surface area (Å²) in [6, 6.07) is 2.00. The first-order valence-corrected chi connectivity index (χ1v) is 7.19. The van der Waals surface area contributed by atoms with Crippen LogP contribution in [0.2, 0.25) is 0 Å². The standard InChI is InChI=1S/C12H19N5OS/c1-8(7-18)3-2-5-14-10-9-4-6-19-11(9)16-12(15-10)17-13/h4,6,8,18H,2-3,5,7,13H2,1H3,(H2,14,15,16,17). The Balaban J connectivity index is 2.01. The number of nitrogens with one attached hydrogen (secondary N) is 2. The molecule has 1 atom stereocenters. The predicted molar refractivity (Wildman–Crippen MR) is 79.2 cm³/mol. The van der Waals surface area contributed by atoms with Crippen LogP contribution < -0.4 is 16.6 Å². The monoisotopic (exact) mass is 281 g/mol. The zero-order chi connectivity index (χ0) is 13.7. The molecule has 0 spiro atoms. The molecule has 2 aromatic rings. The van der Waals surface area contributed by atoms with Crippen LogP contribution in [0, 0.1) is 5.92 Å². The van der Waals surface area contributed by atoms with Crippen molar-refractivity contribution < 1.29 is 5.11 Å². The van der Waals surface area contributed by atoms with Gasteiger partial charge in [-0.3, -0.25) is 5.43 Å². The summed E-state index contributed by atoms with van der Waals surface area (Å²) in [6.45, 7) is 3.10. The molecule has 0 aromatic carbocycles. The van der Waals surface area contributed by atoms with E-state index in [1.54, 1.807) is 11.3 Å². The van der Waals surface area contributed by atoms with Crippen molar-refractivity contribution in [2.24, 2.45) is 11.8 Å². The SMILES string of the molecule is CC(CO)CCCNc1nc(NN)nc2sccc12. The molecule has 5 N–H and O–H groups in total. The summed E-state index contributed by atoms with van der Waals surface area (Å²) in [6.07, 6.45) is 1.98. The van der Waals surface area contributed by atoms with E-state index in [1.807, 2.05) is 18.4 Å². The number of fused-ring (bicyclic) bond motifs is 1. The molecule has 104 valence electrons. The minimum Gasteiger partial charge on any atom is -0.396 e. The van der Waals surface area contributed by atoms with Gasteiger partial charge < -0.3 is 10.4 Å². The molecule has 7 heteroatoms. The van der Waals surface area contributed by atoms with Gasteiger partial charge in [-0.15, -0.1) is 11.3 Å². The number of aliphatic hydroxyl groups excluding tert-OH is 1. The van der Waals surface area contributed by atoms with Crippen LogP contribution >= 0.6 is 11.3 Å². The highest BCUT2D eigenvalue weighted by atomic mass is 32.1. The van der Waals surface area contributed by atoms with Gasteiger partial charge in [0, 0.05) is 13.2 Å². The minimum atomic E-state index is 0.240. The number of rotatable bonds is 7. The van der Waals surface area contributed by atoms with E-state index < -0.39 is 0 Å². The van der Waals surface area contributed by atoms with E-state index in [4.69, 9.17) is 10.9 Å². The van der Waals surface area contributed by atoms with Crippen LogP contribution in [-0.2, 0) is 0 Å². The molecule has 1 unspecified atom stereocenters. The van der Waals surface area contributed by atoms with Gasteiger partial charge in [-0.05, 0) is 30.2 Å². The van der Waals surface area contributed by atoms with Crippen molar-refractivity contribution >= 4 is 33.3 Å². The predicted octanol–water partition coefficient (Wildman–Crippen LogP) is 1.80. The summed E-state index contributed by atoms with van der Waals surface area (Å²) in [4.78, 5) is 9.52.